The third kappa shape index (κ3) is 2.95. The minimum atomic E-state index is -0.266. The summed E-state index contributed by atoms with van der Waals surface area (Å²) < 4.78 is 18.8. The Kier molecular flexibility index (Phi) is 3.51. The zero-order chi connectivity index (χ0) is 13.2. The second-order valence-electron chi connectivity index (χ2n) is 5.44. The lowest BCUT2D eigenvalue weighted by molar-refractivity contribution is 0.117. The Balaban J connectivity index is 1.46. The lowest BCUT2D eigenvalue weighted by Crippen LogP contribution is -2.26. The molecule has 0 atom stereocenters. The van der Waals surface area contributed by atoms with Crippen LogP contribution in [-0.2, 0) is 11.3 Å². The number of nitrogens with one attached hydrogen (secondary N) is 1. The van der Waals surface area contributed by atoms with Gasteiger partial charge in [-0.1, -0.05) is 6.07 Å². The molecule has 0 unspecified atom stereocenters. The van der Waals surface area contributed by atoms with Crippen LogP contribution in [0.15, 0.2) is 18.2 Å². The third-order valence-corrected chi connectivity index (χ3v) is 3.77. The van der Waals surface area contributed by atoms with Gasteiger partial charge in [-0.3, -0.25) is 5.41 Å². The number of nitrogens with zero attached hydrogens (tertiary/aromatic N) is 1. The molecule has 0 amide bonds. The lowest BCUT2D eigenvalue weighted by Gasteiger charge is -2.17. The lowest BCUT2D eigenvalue weighted by atomic mass is 10.1. The average molecular weight is 262 g/mol. The summed E-state index contributed by atoms with van der Waals surface area (Å²) in [6.45, 7) is 3.17. The van der Waals surface area contributed by atoms with Crippen LogP contribution < -0.4 is 0 Å². The molecule has 3 rings (SSSR count). The number of halogens is 1. The van der Waals surface area contributed by atoms with Crippen molar-refractivity contribution in [2.45, 2.75) is 25.8 Å². The van der Waals surface area contributed by atoms with E-state index in [0.29, 0.717) is 5.84 Å². The number of amidine groups is 1. The molecular formula is C15H19FN2O. The highest BCUT2D eigenvalue weighted by Gasteiger charge is 2.24. The van der Waals surface area contributed by atoms with E-state index < -0.39 is 0 Å². The Bertz CT molecular complexity index is 485. The summed E-state index contributed by atoms with van der Waals surface area (Å²) in [4.78, 5) is 1.99. The largest absolute Gasteiger partial charge is 0.381 e. The molecule has 0 spiro atoms. The van der Waals surface area contributed by atoms with Gasteiger partial charge in [-0.15, -0.1) is 0 Å². The Morgan fingerprint density at radius 2 is 2.21 bits per heavy atom. The normalized spacial score (nSPS) is 17.9. The van der Waals surface area contributed by atoms with Gasteiger partial charge < -0.3 is 9.64 Å². The van der Waals surface area contributed by atoms with Crippen LogP contribution in [0.2, 0.25) is 0 Å². The van der Waals surface area contributed by atoms with Crippen molar-refractivity contribution < 1.29 is 9.13 Å². The molecule has 0 bridgehead atoms. The van der Waals surface area contributed by atoms with Crippen LogP contribution in [0.5, 0.6) is 0 Å². The summed E-state index contributed by atoms with van der Waals surface area (Å²) in [5.74, 6) is 0.979. The molecule has 1 aromatic rings. The molecule has 0 radical (unpaired) electrons. The summed E-state index contributed by atoms with van der Waals surface area (Å²) in [5, 5.41) is 8.06. The van der Waals surface area contributed by atoms with Crippen molar-refractivity contribution in [3.8, 4) is 0 Å². The van der Waals surface area contributed by atoms with Crippen LogP contribution in [0, 0.1) is 17.1 Å². The van der Waals surface area contributed by atoms with Crippen LogP contribution in [0.4, 0.5) is 4.39 Å². The molecule has 1 aromatic carbocycles. The molecule has 3 nitrogen and oxygen atoms in total. The van der Waals surface area contributed by atoms with Crippen molar-refractivity contribution in [3.63, 3.8) is 0 Å². The van der Waals surface area contributed by atoms with Crippen LogP contribution in [0.3, 0.4) is 0 Å². The summed E-state index contributed by atoms with van der Waals surface area (Å²) in [5.41, 5.74) is 1.78. The first kappa shape index (κ1) is 12.6. The Hall–Kier alpha value is -1.42. The Labute approximate surface area is 112 Å². The number of ether oxygens (including phenoxy) is 1. The van der Waals surface area contributed by atoms with E-state index in [1.54, 1.807) is 6.07 Å². The Morgan fingerprint density at radius 3 is 3.00 bits per heavy atom. The number of hydrogen-bond donors (Lipinski definition) is 1. The van der Waals surface area contributed by atoms with Gasteiger partial charge >= 0.3 is 0 Å². The van der Waals surface area contributed by atoms with Gasteiger partial charge in [-0.05, 0) is 42.9 Å². The second kappa shape index (κ2) is 5.29. The molecule has 1 heterocycles. The van der Waals surface area contributed by atoms with Crippen molar-refractivity contribution >= 4 is 5.84 Å². The van der Waals surface area contributed by atoms with Crippen molar-refractivity contribution in [2.75, 3.05) is 19.8 Å². The second-order valence-corrected chi connectivity index (χ2v) is 5.44. The first-order chi connectivity index (χ1) is 9.24. The first-order valence-electron chi connectivity index (χ1n) is 6.94. The van der Waals surface area contributed by atoms with E-state index in [1.807, 2.05) is 4.90 Å². The van der Waals surface area contributed by atoms with Crippen LogP contribution in [0.25, 0.3) is 0 Å². The van der Waals surface area contributed by atoms with Crippen molar-refractivity contribution in [2.24, 2.45) is 5.92 Å². The van der Waals surface area contributed by atoms with Crippen molar-refractivity contribution in [1.82, 2.24) is 4.90 Å². The summed E-state index contributed by atoms with van der Waals surface area (Å²) in [6, 6.07) is 4.71. The van der Waals surface area contributed by atoms with E-state index >= 15 is 0 Å². The highest BCUT2D eigenvalue weighted by Crippen LogP contribution is 2.28. The quantitative estimate of drug-likeness (QED) is 0.800. The molecule has 19 heavy (non-hydrogen) atoms. The molecule has 2 aliphatic rings. The first-order valence-corrected chi connectivity index (χ1v) is 6.94. The zero-order valence-corrected chi connectivity index (χ0v) is 11.0. The number of benzene rings is 1. The van der Waals surface area contributed by atoms with Gasteiger partial charge in [0.15, 0.2) is 0 Å². The van der Waals surface area contributed by atoms with Gasteiger partial charge in [0.25, 0.3) is 0 Å². The maximum Gasteiger partial charge on any atom is 0.128 e. The highest BCUT2D eigenvalue weighted by molar-refractivity contribution is 6.00. The SMILES string of the molecule is N=C1c2cc(F)ccc2CN1CCCOCC1CC1. The maximum atomic E-state index is 13.2. The molecule has 0 saturated heterocycles. The van der Waals surface area contributed by atoms with Gasteiger partial charge in [-0.2, -0.15) is 0 Å². The third-order valence-electron chi connectivity index (χ3n) is 3.77. The highest BCUT2D eigenvalue weighted by atomic mass is 19.1. The molecule has 1 aliphatic carbocycles. The van der Waals surface area contributed by atoms with Gasteiger partial charge in [-0.25, -0.2) is 4.39 Å². The monoisotopic (exact) mass is 262 g/mol. The van der Waals surface area contributed by atoms with Crippen molar-refractivity contribution in [1.29, 1.82) is 5.41 Å². The topological polar surface area (TPSA) is 36.3 Å². The van der Waals surface area contributed by atoms with Gasteiger partial charge in [0.1, 0.15) is 11.7 Å². The summed E-state index contributed by atoms with van der Waals surface area (Å²) in [6.07, 6.45) is 3.56. The smallest absolute Gasteiger partial charge is 0.128 e. The molecule has 4 heteroatoms. The molecule has 1 saturated carbocycles. The average Bonchev–Trinajstić information content (AvgIpc) is 3.17. The minimum Gasteiger partial charge on any atom is -0.381 e. The molecule has 0 aromatic heterocycles. The fourth-order valence-corrected chi connectivity index (χ4v) is 2.44. The van der Waals surface area contributed by atoms with Crippen LogP contribution in [0.1, 0.15) is 30.4 Å². The van der Waals surface area contributed by atoms with Crippen LogP contribution in [-0.4, -0.2) is 30.5 Å². The predicted molar refractivity (Wildman–Crippen MR) is 71.8 cm³/mol. The standard InChI is InChI=1S/C15H19FN2O/c16-13-5-4-12-9-18(15(17)14(12)8-13)6-1-7-19-10-11-2-3-11/h4-5,8,11,17H,1-3,6-7,9-10H2. The van der Waals surface area contributed by atoms with Gasteiger partial charge in [0, 0.05) is 31.9 Å². The molecule has 102 valence electrons. The summed E-state index contributed by atoms with van der Waals surface area (Å²) in [7, 11) is 0. The fourth-order valence-electron chi connectivity index (χ4n) is 2.44. The summed E-state index contributed by atoms with van der Waals surface area (Å²) >= 11 is 0. The van der Waals surface area contributed by atoms with Gasteiger partial charge in [0.05, 0.1) is 0 Å². The van der Waals surface area contributed by atoms with Gasteiger partial charge in [0.2, 0.25) is 0 Å². The fraction of sp³-hybridized carbons (Fsp3) is 0.533. The van der Waals surface area contributed by atoms with Crippen LogP contribution >= 0.6 is 0 Å². The number of fused-ring (bicyclic) bond motifs is 1. The van der Waals surface area contributed by atoms with Crippen molar-refractivity contribution in [3.05, 3.63) is 35.1 Å². The van der Waals surface area contributed by atoms with E-state index in [2.05, 4.69) is 0 Å². The van der Waals surface area contributed by atoms with E-state index in [0.717, 1.165) is 49.8 Å². The predicted octanol–water partition coefficient (Wildman–Crippen LogP) is 2.78. The zero-order valence-electron chi connectivity index (χ0n) is 11.0. The molecular weight excluding hydrogens is 243 g/mol. The molecule has 1 N–H and O–H groups in total. The van der Waals surface area contributed by atoms with E-state index in [1.165, 1.54) is 25.0 Å². The maximum absolute atomic E-state index is 13.2. The Morgan fingerprint density at radius 1 is 1.37 bits per heavy atom. The van der Waals surface area contributed by atoms with E-state index in [4.69, 9.17) is 10.1 Å². The van der Waals surface area contributed by atoms with E-state index in [-0.39, 0.29) is 5.82 Å². The minimum absolute atomic E-state index is 0.266. The van der Waals surface area contributed by atoms with E-state index in [9.17, 15) is 4.39 Å². The molecule has 1 aliphatic heterocycles. The molecule has 1 fully saturated rings. The number of hydrogen-bond acceptors (Lipinski definition) is 2. The number of rotatable bonds is 6.